The SMILES string of the molecule is CC(C)CCCNCCOc1cncc(Cl)c1. The average Bonchev–Trinajstić information content (AvgIpc) is 2.27. The molecule has 0 atom stereocenters. The number of hydrogen-bond acceptors (Lipinski definition) is 3. The maximum Gasteiger partial charge on any atom is 0.139 e. The molecule has 1 aromatic rings. The molecular formula is C13H21ClN2O. The minimum absolute atomic E-state index is 0.604. The van der Waals surface area contributed by atoms with Gasteiger partial charge in [0.05, 0.1) is 11.2 Å². The fraction of sp³-hybridized carbons (Fsp3) is 0.615. The van der Waals surface area contributed by atoms with Gasteiger partial charge in [-0.2, -0.15) is 0 Å². The summed E-state index contributed by atoms with van der Waals surface area (Å²) >= 11 is 5.80. The zero-order valence-corrected chi connectivity index (χ0v) is 11.3. The molecule has 0 fully saturated rings. The molecule has 96 valence electrons. The summed E-state index contributed by atoms with van der Waals surface area (Å²) in [6.45, 7) is 7.04. The van der Waals surface area contributed by atoms with Gasteiger partial charge in [0.2, 0.25) is 0 Å². The van der Waals surface area contributed by atoms with Crippen LogP contribution < -0.4 is 10.1 Å². The molecule has 1 N–H and O–H groups in total. The van der Waals surface area contributed by atoms with Crippen molar-refractivity contribution in [2.45, 2.75) is 26.7 Å². The van der Waals surface area contributed by atoms with E-state index in [0.29, 0.717) is 11.6 Å². The van der Waals surface area contributed by atoms with Crippen molar-refractivity contribution in [3.05, 3.63) is 23.5 Å². The van der Waals surface area contributed by atoms with Crippen LogP contribution in [-0.2, 0) is 0 Å². The summed E-state index contributed by atoms with van der Waals surface area (Å²) in [6.07, 6.45) is 5.76. The van der Waals surface area contributed by atoms with E-state index in [4.69, 9.17) is 16.3 Å². The Morgan fingerprint density at radius 2 is 2.18 bits per heavy atom. The van der Waals surface area contributed by atoms with Crippen LogP contribution in [0.4, 0.5) is 0 Å². The molecule has 0 spiro atoms. The zero-order valence-electron chi connectivity index (χ0n) is 10.6. The van der Waals surface area contributed by atoms with Gasteiger partial charge in [-0.15, -0.1) is 0 Å². The Hall–Kier alpha value is -0.800. The van der Waals surface area contributed by atoms with E-state index in [1.807, 2.05) is 0 Å². The van der Waals surface area contributed by atoms with Crippen LogP contribution in [0.25, 0.3) is 0 Å². The van der Waals surface area contributed by atoms with Crippen LogP contribution in [0.3, 0.4) is 0 Å². The quantitative estimate of drug-likeness (QED) is 0.726. The summed E-state index contributed by atoms with van der Waals surface area (Å²) < 4.78 is 5.51. The number of hydrogen-bond donors (Lipinski definition) is 1. The first-order chi connectivity index (χ1) is 8.18. The molecule has 0 aliphatic carbocycles. The van der Waals surface area contributed by atoms with Crippen LogP contribution in [0.5, 0.6) is 5.75 Å². The number of nitrogens with one attached hydrogen (secondary N) is 1. The van der Waals surface area contributed by atoms with Crippen molar-refractivity contribution in [1.29, 1.82) is 0 Å². The average molecular weight is 257 g/mol. The van der Waals surface area contributed by atoms with Crippen molar-refractivity contribution in [3.8, 4) is 5.75 Å². The predicted octanol–water partition coefficient (Wildman–Crippen LogP) is 3.14. The van der Waals surface area contributed by atoms with Gasteiger partial charge in [-0.25, -0.2) is 0 Å². The van der Waals surface area contributed by atoms with Crippen LogP contribution in [0, 0.1) is 5.92 Å². The Bertz CT molecular complexity index is 318. The third-order valence-electron chi connectivity index (χ3n) is 2.36. The van der Waals surface area contributed by atoms with Gasteiger partial charge in [-0.05, 0) is 25.3 Å². The Morgan fingerprint density at radius 3 is 2.88 bits per heavy atom. The molecule has 4 heteroatoms. The molecule has 3 nitrogen and oxygen atoms in total. The van der Waals surface area contributed by atoms with Crippen LogP contribution in [0.15, 0.2) is 18.5 Å². The summed E-state index contributed by atoms with van der Waals surface area (Å²) in [4.78, 5) is 3.95. The second-order valence-corrected chi connectivity index (χ2v) is 4.91. The molecular weight excluding hydrogens is 236 g/mol. The lowest BCUT2D eigenvalue weighted by Gasteiger charge is -2.08. The number of rotatable bonds is 8. The minimum atomic E-state index is 0.604. The van der Waals surface area contributed by atoms with Gasteiger partial charge in [-0.1, -0.05) is 25.4 Å². The van der Waals surface area contributed by atoms with Gasteiger partial charge in [-0.3, -0.25) is 4.98 Å². The van der Waals surface area contributed by atoms with Gasteiger partial charge in [0.15, 0.2) is 0 Å². The second kappa shape index (κ2) is 8.31. The van der Waals surface area contributed by atoms with E-state index in [9.17, 15) is 0 Å². The molecule has 0 saturated heterocycles. The molecule has 1 rings (SSSR count). The first-order valence-electron chi connectivity index (χ1n) is 6.12. The van der Waals surface area contributed by atoms with Gasteiger partial charge >= 0.3 is 0 Å². The van der Waals surface area contributed by atoms with E-state index >= 15 is 0 Å². The summed E-state index contributed by atoms with van der Waals surface area (Å²) in [5.41, 5.74) is 0. The van der Waals surface area contributed by atoms with Gasteiger partial charge in [0.1, 0.15) is 12.4 Å². The Balaban J connectivity index is 2.01. The normalized spacial score (nSPS) is 10.8. The number of aromatic nitrogens is 1. The van der Waals surface area contributed by atoms with E-state index in [2.05, 4.69) is 24.1 Å². The Labute approximate surface area is 109 Å². The van der Waals surface area contributed by atoms with Crippen LogP contribution >= 0.6 is 11.6 Å². The van der Waals surface area contributed by atoms with E-state index in [0.717, 1.165) is 24.8 Å². The van der Waals surface area contributed by atoms with Gasteiger partial charge in [0.25, 0.3) is 0 Å². The first-order valence-corrected chi connectivity index (χ1v) is 6.50. The minimum Gasteiger partial charge on any atom is -0.491 e. The molecule has 0 amide bonds. The predicted molar refractivity (Wildman–Crippen MR) is 71.7 cm³/mol. The lowest BCUT2D eigenvalue weighted by atomic mass is 10.1. The number of pyridine rings is 1. The molecule has 0 bridgehead atoms. The highest BCUT2D eigenvalue weighted by Crippen LogP contribution is 2.14. The maximum absolute atomic E-state index is 5.80. The summed E-state index contributed by atoms with van der Waals surface area (Å²) in [7, 11) is 0. The van der Waals surface area contributed by atoms with Crippen molar-refractivity contribution >= 4 is 11.6 Å². The highest BCUT2D eigenvalue weighted by atomic mass is 35.5. The topological polar surface area (TPSA) is 34.1 Å². The largest absolute Gasteiger partial charge is 0.491 e. The lowest BCUT2D eigenvalue weighted by molar-refractivity contribution is 0.312. The zero-order chi connectivity index (χ0) is 12.5. The smallest absolute Gasteiger partial charge is 0.139 e. The van der Waals surface area contributed by atoms with E-state index < -0.39 is 0 Å². The monoisotopic (exact) mass is 256 g/mol. The third kappa shape index (κ3) is 7.18. The molecule has 0 saturated carbocycles. The number of ether oxygens (including phenoxy) is 1. The molecule has 17 heavy (non-hydrogen) atoms. The summed E-state index contributed by atoms with van der Waals surface area (Å²) in [5, 5.41) is 3.95. The first kappa shape index (κ1) is 14.3. The molecule has 0 aliphatic rings. The van der Waals surface area contributed by atoms with Crippen molar-refractivity contribution in [3.63, 3.8) is 0 Å². The standard InChI is InChI=1S/C13H21ClN2O/c1-11(2)4-3-5-15-6-7-17-13-8-12(14)9-16-10-13/h8-11,15H,3-7H2,1-2H3. The van der Waals surface area contributed by atoms with Crippen LogP contribution in [0.1, 0.15) is 26.7 Å². The maximum atomic E-state index is 5.80. The highest BCUT2D eigenvalue weighted by molar-refractivity contribution is 6.30. The molecule has 0 unspecified atom stereocenters. The van der Waals surface area contributed by atoms with Crippen LogP contribution in [-0.4, -0.2) is 24.7 Å². The molecule has 0 aliphatic heterocycles. The molecule has 1 aromatic heterocycles. The Kier molecular flexibility index (Phi) is 6.97. The number of halogens is 1. The molecule has 1 heterocycles. The third-order valence-corrected chi connectivity index (χ3v) is 2.57. The van der Waals surface area contributed by atoms with Gasteiger partial charge < -0.3 is 10.1 Å². The Morgan fingerprint density at radius 1 is 1.35 bits per heavy atom. The number of nitrogens with zero attached hydrogens (tertiary/aromatic N) is 1. The van der Waals surface area contributed by atoms with Crippen molar-refractivity contribution in [2.24, 2.45) is 5.92 Å². The molecule has 0 aromatic carbocycles. The van der Waals surface area contributed by atoms with E-state index in [1.165, 1.54) is 12.8 Å². The van der Waals surface area contributed by atoms with Crippen molar-refractivity contribution in [1.82, 2.24) is 10.3 Å². The molecule has 0 radical (unpaired) electrons. The van der Waals surface area contributed by atoms with E-state index in [-0.39, 0.29) is 0 Å². The lowest BCUT2D eigenvalue weighted by Crippen LogP contribution is -2.22. The fourth-order valence-electron chi connectivity index (χ4n) is 1.47. The van der Waals surface area contributed by atoms with Gasteiger partial charge in [0, 0.05) is 18.8 Å². The van der Waals surface area contributed by atoms with Crippen molar-refractivity contribution < 1.29 is 4.74 Å². The van der Waals surface area contributed by atoms with Crippen LogP contribution in [0.2, 0.25) is 5.02 Å². The second-order valence-electron chi connectivity index (χ2n) is 4.47. The van der Waals surface area contributed by atoms with E-state index in [1.54, 1.807) is 18.5 Å². The van der Waals surface area contributed by atoms with Crippen molar-refractivity contribution in [2.75, 3.05) is 19.7 Å². The summed E-state index contributed by atoms with van der Waals surface area (Å²) in [6, 6.07) is 1.77. The summed E-state index contributed by atoms with van der Waals surface area (Å²) in [5.74, 6) is 1.51. The highest BCUT2D eigenvalue weighted by Gasteiger charge is 1.96. The fourth-order valence-corrected chi connectivity index (χ4v) is 1.64.